The number of methoxy groups -OCH3 is 1. The highest BCUT2D eigenvalue weighted by atomic mass is 16.7. The van der Waals surface area contributed by atoms with Crippen LogP contribution in [0.5, 0.6) is 17.2 Å². The summed E-state index contributed by atoms with van der Waals surface area (Å²) in [7, 11) is 4.55. The van der Waals surface area contributed by atoms with Gasteiger partial charge in [-0.1, -0.05) is 12.1 Å². The van der Waals surface area contributed by atoms with Crippen LogP contribution in [0.2, 0.25) is 0 Å². The second-order valence-corrected chi connectivity index (χ2v) is 10.8. The Kier molecular flexibility index (Phi) is 5.56. The fraction of sp³-hybridized carbons (Fsp3) is 0.345. The molecular formula is C29H27NO10. The van der Waals surface area contributed by atoms with Crippen molar-refractivity contribution in [3.8, 4) is 17.2 Å². The van der Waals surface area contributed by atoms with Crippen LogP contribution in [0.1, 0.15) is 60.3 Å². The summed E-state index contributed by atoms with van der Waals surface area (Å²) >= 11 is 0. The van der Waals surface area contributed by atoms with Gasteiger partial charge in [-0.05, 0) is 45.6 Å². The van der Waals surface area contributed by atoms with E-state index in [0.717, 1.165) is 0 Å². The van der Waals surface area contributed by atoms with Crippen LogP contribution in [0, 0.1) is 6.92 Å². The lowest BCUT2D eigenvalue weighted by atomic mass is 9.74. The number of nitrogens with zero attached hydrogens (tertiary/aromatic N) is 1. The van der Waals surface area contributed by atoms with Gasteiger partial charge in [0.1, 0.15) is 35.1 Å². The maximum absolute atomic E-state index is 14.1. The molecule has 1 saturated heterocycles. The van der Waals surface area contributed by atoms with Crippen LogP contribution in [0.15, 0.2) is 24.3 Å². The van der Waals surface area contributed by atoms with Crippen molar-refractivity contribution in [2.75, 3.05) is 21.2 Å². The molecule has 0 unspecified atom stereocenters. The molecule has 1 aliphatic carbocycles. The number of aromatic hydroxyl groups is 2. The highest BCUT2D eigenvalue weighted by Crippen LogP contribution is 2.53. The lowest BCUT2D eigenvalue weighted by Crippen LogP contribution is -2.68. The minimum Gasteiger partial charge on any atom is -0.507 e. The van der Waals surface area contributed by atoms with E-state index >= 15 is 0 Å². The van der Waals surface area contributed by atoms with E-state index in [4.69, 9.17) is 14.2 Å². The maximum Gasteiger partial charge on any atom is 0.338 e. The molecule has 5 atom stereocenters. The summed E-state index contributed by atoms with van der Waals surface area (Å²) in [5, 5.41) is 44.9. The first-order chi connectivity index (χ1) is 18.8. The highest BCUT2D eigenvalue weighted by molar-refractivity contribution is 6.33. The Morgan fingerprint density at radius 2 is 1.73 bits per heavy atom. The number of carbonyl (C=O) groups is 3. The van der Waals surface area contributed by atoms with Crippen LogP contribution in [-0.4, -0.2) is 88.6 Å². The summed E-state index contributed by atoms with van der Waals surface area (Å²) in [6.07, 6.45) is -3.94. The van der Waals surface area contributed by atoms with Crippen LogP contribution in [0.4, 0.5) is 0 Å². The number of aliphatic hydroxyl groups excluding tert-OH is 2. The fourth-order valence-electron chi connectivity index (χ4n) is 6.27. The van der Waals surface area contributed by atoms with E-state index in [1.165, 1.54) is 25.3 Å². The van der Waals surface area contributed by atoms with Gasteiger partial charge in [0.25, 0.3) is 0 Å². The molecule has 3 aromatic carbocycles. The zero-order chi connectivity index (χ0) is 29.0. The van der Waals surface area contributed by atoms with Crippen molar-refractivity contribution in [2.24, 2.45) is 0 Å². The second kappa shape index (κ2) is 8.48. The number of aliphatic hydroxyl groups is 2. The molecule has 4 N–H and O–H groups in total. The zero-order valence-electron chi connectivity index (χ0n) is 22.3. The number of rotatable bonds is 2. The number of esters is 1. The monoisotopic (exact) mass is 549 g/mol. The van der Waals surface area contributed by atoms with E-state index in [0.29, 0.717) is 5.56 Å². The van der Waals surface area contributed by atoms with Gasteiger partial charge in [-0.25, -0.2) is 4.79 Å². The van der Waals surface area contributed by atoms with Gasteiger partial charge in [-0.3, -0.25) is 9.59 Å². The first kappa shape index (κ1) is 26.2. The van der Waals surface area contributed by atoms with E-state index in [2.05, 4.69) is 0 Å². The molecule has 208 valence electrons. The average molecular weight is 550 g/mol. The third-order valence-electron chi connectivity index (χ3n) is 8.32. The molecular weight excluding hydrogens is 522 g/mol. The Balaban J connectivity index is 1.63. The van der Waals surface area contributed by atoms with E-state index in [-0.39, 0.29) is 49.9 Å². The molecule has 11 nitrogen and oxygen atoms in total. The molecule has 0 amide bonds. The molecule has 1 fully saturated rings. The molecule has 2 bridgehead atoms. The van der Waals surface area contributed by atoms with Crippen molar-refractivity contribution in [1.29, 1.82) is 0 Å². The highest BCUT2D eigenvalue weighted by Gasteiger charge is 2.59. The van der Waals surface area contributed by atoms with Crippen molar-refractivity contribution in [3.05, 3.63) is 63.2 Å². The molecule has 40 heavy (non-hydrogen) atoms. The van der Waals surface area contributed by atoms with E-state index in [1.54, 1.807) is 38.9 Å². The Hall–Kier alpha value is -4.03. The van der Waals surface area contributed by atoms with Crippen LogP contribution in [0.3, 0.4) is 0 Å². The molecule has 2 heterocycles. The van der Waals surface area contributed by atoms with Crippen LogP contribution >= 0.6 is 0 Å². The number of ketones is 2. The van der Waals surface area contributed by atoms with Gasteiger partial charge in [-0.2, -0.15) is 0 Å². The molecule has 2 aliphatic heterocycles. The SMILES string of the molecule is COC(=O)c1c(C)ccc2c(O)c3c(cc12)C(=O)c1c2c(cc(O)c1C3=O)[C@@]1(C)O[C@@H](O2)[C@@H](O)[C@H](N(C)C)[C@H]1O. The fourth-order valence-corrected chi connectivity index (χ4v) is 6.27. The van der Waals surface area contributed by atoms with Crippen molar-refractivity contribution >= 4 is 28.3 Å². The molecule has 3 aliphatic rings. The van der Waals surface area contributed by atoms with E-state index in [9.17, 15) is 34.8 Å². The Morgan fingerprint density at radius 1 is 1.02 bits per heavy atom. The van der Waals surface area contributed by atoms with Gasteiger partial charge < -0.3 is 39.5 Å². The summed E-state index contributed by atoms with van der Waals surface area (Å²) in [6.45, 7) is 3.22. The Bertz CT molecular complexity index is 1680. The lowest BCUT2D eigenvalue weighted by molar-refractivity contribution is -0.311. The predicted molar refractivity (Wildman–Crippen MR) is 139 cm³/mol. The van der Waals surface area contributed by atoms with Crippen LogP contribution in [-0.2, 0) is 15.1 Å². The van der Waals surface area contributed by atoms with Crippen molar-refractivity contribution in [2.45, 2.75) is 44.0 Å². The first-order valence-corrected chi connectivity index (χ1v) is 12.6. The molecule has 3 aromatic rings. The number of aryl methyl sites for hydroxylation is 1. The summed E-state index contributed by atoms with van der Waals surface area (Å²) in [6, 6.07) is 4.85. The van der Waals surface area contributed by atoms with Gasteiger partial charge in [0.15, 0.2) is 5.78 Å². The number of likely N-dealkylation sites (N-methyl/N-ethyl adjacent to an activating group) is 1. The van der Waals surface area contributed by atoms with Gasteiger partial charge in [0.2, 0.25) is 12.1 Å². The summed E-state index contributed by atoms with van der Waals surface area (Å²) in [5.74, 6) is -3.49. The van der Waals surface area contributed by atoms with Crippen molar-refractivity contribution < 1.29 is 49.0 Å². The van der Waals surface area contributed by atoms with Crippen molar-refractivity contribution in [1.82, 2.24) is 4.90 Å². The number of hydrogen-bond acceptors (Lipinski definition) is 11. The van der Waals surface area contributed by atoms with Crippen molar-refractivity contribution in [3.63, 3.8) is 0 Å². The number of phenolic OH excluding ortho intramolecular Hbond substituents is 2. The molecule has 0 aromatic heterocycles. The minimum atomic E-state index is -1.52. The lowest BCUT2D eigenvalue weighted by Gasteiger charge is -2.53. The molecule has 0 radical (unpaired) electrons. The zero-order valence-corrected chi connectivity index (χ0v) is 22.3. The summed E-state index contributed by atoms with van der Waals surface area (Å²) < 4.78 is 16.8. The Labute approximate surface area is 228 Å². The standard InChI is InChI=1S/C29H27NO10/c1-10-6-7-11-12(16(10)27(37)38-5)8-13-17(21(11)32)23(34)18-15(31)9-14-25(19(18)22(13)33)39-28-24(35)20(30(3)4)26(36)29(14,2)40-28/h6-9,20,24,26,28,31-32,35-36H,1-5H3/t20-,24-,26+,28+,29+/m0/s1. The number of carbonyl (C=O) groups excluding carboxylic acids is 3. The molecule has 0 spiro atoms. The number of fused-ring (bicyclic) bond motifs is 8. The van der Waals surface area contributed by atoms with Crippen LogP contribution < -0.4 is 4.74 Å². The number of benzene rings is 3. The first-order valence-electron chi connectivity index (χ1n) is 12.6. The van der Waals surface area contributed by atoms with Gasteiger partial charge in [0, 0.05) is 21.9 Å². The summed E-state index contributed by atoms with van der Waals surface area (Å²) in [5.41, 5.74) is -1.97. The quantitative estimate of drug-likeness (QED) is 0.269. The van der Waals surface area contributed by atoms with Gasteiger partial charge in [0.05, 0.1) is 35.4 Å². The number of phenols is 2. The minimum absolute atomic E-state index is 0.118. The Morgan fingerprint density at radius 3 is 2.38 bits per heavy atom. The predicted octanol–water partition coefficient (Wildman–Crippen LogP) is 1.74. The van der Waals surface area contributed by atoms with Crippen LogP contribution in [0.25, 0.3) is 10.8 Å². The third kappa shape index (κ3) is 3.17. The average Bonchev–Trinajstić information content (AvgIpc) is 2.90. The third-order valence-corrected chi connectivity index (χ3v) is 8.32. The van der Waals surface area contributed by atoms with E-state index < -0.39 is 59.2 Å². The number of ether oxygens (including phenoxy) is 3. The second-order valence-electron chi connectivity index (χ2n) is 10.8. The van der Waals surface area contributed by atoms with E-state index in [1.807, 2.05) is 0 Å². The number of hydrogen-bond donors (Lipinski definition) is 4. The smallest absolute Gasteiger partial charge is 0.338 e. The molecule has 6 rings (SSSR count). The maximum atomic E-state index is 14.1. The van der Waals surface area contributed by atoms with Gasteiger partial charge >= 0.3 is 5.97 Å². The topological polar surface area (TPSA) is 163 Å². The molecule has 0 saturated carbocycles. The molecule has 11 heteroatoms. The normalized spacial score (nSPS) is 26.7. The summed E-state index contributed by atoms with van der Waals surface area (Å²) in [4.78, 5) is 42.2. The van der Waals surface area contributed by atoms with Gasteiger partial charge in [-0.15, -0.1) is 0 Å². The largest absolute Gasteiger partial charge is 0.507 e.